The van der Waals surface area contributed by atoms with Crippen LogP contribution in [0.25, 0.3) is 0 Å². The minimum atomic E-state index is 0.617. The Balaban J connectivity index is 2.57. The van der Waals surface area contributed by atoms with Gasteiger partial charge in [0.05, 0.1) is 5.69 Å². The summed E-state index contributed by atoms with van der Waals surface area (Å²) in [4.78, 5) is 4.34. The first-order valence-electron chi connectivity index (χ1n) is 4.81. The van der Waals surface area contributed by atoms with Gasteiger partial charge in [-0.3, -0.25) is 0 Å². The number of nitrogens with one attached hydrogen (secondary N) is 2. The first kappa shape index (κ1) is 12.4. The Bertz CT molecular complexity index is 355. The van der Waals surface area contributed by atoms with Crippen LogP contribution in [0.5, 0.6) is 0 Å². The number of hydrogen-bond donors (Lipinski definition) is 2. The minimum Gasteiger partial charge on any atom is -0.362 e. The molecule has 1 aromatic rings. The monoisotopic (exact) mass is 287 g/mol. The molecule has 1 aromatic heterocycles. The summed E-state index contributed by atoms with van der Waals surface area (Å²) in [5.74, 6) is 0.768. The third kappa shape index (κ3) is 4.13. The number of rotatable bonds is 3. The number of anilines is 1. The molecule has 0 radical (unpaired) electrons. The van der Waals surface area contributed by atoms with Gasteiger partial charge >= 0.3 is 0 Å². The van der Waals surface area contributed by atoms with Crippen molar-refractivity contribution in [1.29, 1.82) is 0 Å². The van der Waals surface area contributed by atoms with Gasteiger partial charge in [0.2, 0.25) is 0 Å². The van der Waals surface area contributed by atoms with Crippen LogP contribution in [0.1, 0.15) is 19.0 Å². The highest BCUT2D eigenvalue weighted by Crippen LogP contribution is 2.15. The van der Waals surface area contributed by atoms with Crippen molar-refractivity contribution in [3.63, 3.8) is 0 Å². The summed E-state index contributed by atoms with van der Waals surface area (Å²) < 4.78 is 1.00. The predicted molar refractivity (Wildman–Crippen MR) is 71.2 cm³/mol. The van der Waals surface area contributed by atoms with E-state index in [2.05, 4.69) is 38.5 Å². The number of hydrogen-bond acceptors (Lipinski definition) is 2. The van der Waals surface area contributed by atoms with Crippen molar-refractivity contribution in [2.24, 2.45) is 0 Å². The van der Waals surface area contributed by atoms with Gasteiger partial charge < -0.3 is 10.6 Å². The normalized spacial score (nSPS) is 9.80. The van der Waals surface area contributed by atoms with Crippen molar-refractivity contribution in [3.8, 4) is 0 Å². The maximum absolute atomic E-state index is 5.10. The zero-order valence-corrected chi connectivity index (χ0v) is 11.2. The molecule has 1 heterocycles. The van der Waals surface area contributed by atoms with Crippen molar-refractivity contribution >= 4 is 39.1 Å². The molecule has 0 spiro atoms. The molecule has 0 amide bonds. The van der Waals surface area contributed by atoms with E-state index in [1.807, 2.05) is 19.1 Å². The number of nitrogens with zero attached hydrogens (tertiary/aromatic N) is 1. The minimum absolute atomic E-state index is 0.617. The molecule has 0 aliphatic heterocycles. The molecule has 0 aliphatic carbocycles. The summed E-state index contributed by atoms with van der Waals surface area (Å²) >= 11 is 8.50. The summed E-state index contributed by atoms with van der Waals surface area (Å²) in [7, 11) is 0. The molecule has 15 heavy (non-hydrogen) atoms. The third-order valence-electron chi connectivity index (χ3n) is 1.80. The average molecular weight is 288 g/mol. The van der Waals surface area contributed by atoms with Gasteiger partial charge in [0.25, 0.3) is 0 Å². The van der Waals surface area contributed by atoms with Crippen LogP contribution in [-0.4, -0.2) is 16.6 Å². The molecule has 0 bridgehead atoms. The van der Waals surface area contributed by atoms with Crippen molar-refractivity contribution < 1.29 is 0 Å². The molecule has 0 atom stereocenters. The van der Waals surface area contributed by atoms with Gasteiger partial charge in [-0.05, 0) is 53.6 Å². The quantitative estimate of drug-likeness (QED) is 0.839. The Morgan fingerprint density at radius 1 is 1.53 bits per heavy atom. The van der Waals surface area contributed by atoms with E-state index < -0.39 is 0 Å². The van der Waals surface area contributed by atoms with Crippen LogP contribution in [0.4, 0.5) is 5.82 Å². The fraction of sp³-hybridized carbons (Fsp3) is 0.400. The molecule has 82 valence electrons. The van der Waals surface area contributed by atoms with E-state index in [9.17, 15) is 0 Å². The number of aromatic nitrogens is 1. The Kier molecular flexibility index (Phi) is 4.98. The van der Waals surface area contributed by atoms with Gasteiger partial charge in [0.15, 0.2) is 5.11 Å². The lowest BCUT2D eigenvalue weighted by atomic mass is 10.4. The third-order valence-corrected chi connectivity index (χ3v) is 2.88. The highest BCUT2D eigenvalue weighted by atomic mass is 79.9. The number of pyridine rings is 1. The number of thiocarbonyl (C=S) groups is 1. The Labute approximate surface area is 104 Å². The maximum Gasteiger partial charge on any atom is 0.171 e. The molecule has 3 nitrogen and oxygen atoms in total. The highest BCUT2D eigenvalue weighted by molar-refractivity contribution is 9.10. The van der Waals surface area contributed by atoms with E-state index >= 15 is 0 Å². The second-order valence-corrected chi connectivity index (χ2v) is 4.41. The molecule has 0 aliphatic rings. The second-order valence-electron chi connectivity index (χ2n) is 3.14. The van der Waals surface area contributed by atoms with Gasteiger partial charge in [-0.25, -0.2) is 4.98 Å². The second kappa shape index (κ2) is 6.02. The van der Waals surface area contributed by atoms with Crippen molar-refractivity contribution in [3.05, 3.63) is 22.3 Å². The standard InChI is InChI=1S/C10H14BrN3S/c1-3-6-12-10(15)14-9-5-4-8(11)7(2)13-9/h4-5H,3,6H2,1-2H3,(H2,12,13,14,15). The topological polar surface area (TPSA) is 37.0 Å². The van der Waals surface area contributed by atoms with E-state index in [4.69, 9.17) is 12.2 Å². The van der Waals surface area contributed by atoms with Crippen LogP contribution in [0, 0.1) is 6.92 Å². The first-order chi connectivity index (χ1) is 7.13. The Morgan fingerprint density at radius 2 is 2.27 bits per heavy atom. The largest absolute Gasteiger partial charge is 0.362 e. The molecule has 0 aromatic carbocycles. The fourth-order valence-electron chi connectivity index (χ4n) is 1.01. The molecule has 0 saturated heterocycles. The van der Waals surface area contributed by atoms with Gasteiger partial charge in [-0.1, -0.05) is 6.92 Å². The molecule has 0 fully saturated rings. The summed E-state index contributed by atoms with van der Waals surface area (Å²) in [6.45, 7) is 4.91. The van der Waals surface area contributed by atoms with Gasteiger partial charge in [-0.15, -0.1) is 0 Å². The lowest BCUT2D eigenvalue weighted by molar-refractivity contribution is 0.846. The van der Waals surface area contributed by atoms with Crippen LogP contribution in [0.15, 0.2) is 16.6 Å². The Morgan fingerprint density at radius 3 is 2.87 bits per heavy atom. The van der Waals surface area contributed by atoms with Gasteiger partial charge in [0, 0.05) is 11.0 Å². The van der Waals surface area contributed by atoms with Gasteiger partial charge in [0.1, 0.15) is 5.82 Å². The SMILES string of the molecule is CCCNC(=S)Nc1ccc(Br)c(C)n1. The van der Waals surface area contributed by atoms with Crippen LogP contribution >= 0.6 is 28.1 Å². The predicted octanol–water partition coefficient (Wildman–Crippen LogP) is 2.85. The molecule has 2 N–H and O–H groups in total. The summed E-state index contributed by atoms with van der Waals surface area (Å²) in [5, 5.41) is 6.73. The van der Waals surface area contributed by atoms with Crippen LogP contribution in [-0.2, 0) is 0 Å². The average Bonchev–Trinajstić information content (AvgIpc) is 2.20. The van der Waals surface area contributed by atoms with E-state index in [1.165, 1.54) is 0 Å². The zero-order valence-electron chi connectivity index (χ0n) is 8.80. The fourth-order valence-corrected chi connectivity index (χ4v) is 1.44. The van der Waals surface area contributed by atoms with Gasteiger partial charge in [-0.2, -0.15) is 0 Å². The molecular weight excluding hydrogens is 274 g/mol. The summed E-state index contributed by atoms with van der Waals surface area (Å²) in [6, 6.07) is 3.84. The lowest BCUT2D eigenvalue weighted by Crippen LogP contribution is -2.29. The maximum atomic E-state index is 5.10. The lowest BCUT2D eigenvalue weighted by Gasteiger charge is -2.09. The molecule has 0 saturated carbocycles. The highest BCUT2D eigenvalue weighted by Gasteiger charge is 2.00. The van der Waals surface area contributed by atoms with E-state index in [0.717, 1.165) is 29.0 Å². The van der Waals surface area contributed by atoms with E-state index in [0.29, 0.717) is 5.11 Å². The number of aryl methyl sites for hydroxylation is 1. The zero-order chi connectivity index (χ0) is 11.3. The van der Waals surface area contributed by atoms with Crippen LogP contribution < -0.4 is 10.6 Å². The van der Waals surface area contributed by atoms with Crippen LogP contribution in [0.3, 0.4) is 0 Å². The van der Waals surface area contributed by atoms with Crippen molar-refractivity contribution in [1.82, 2.24) is 10.3 Å². The summed E-state index contributed by atoms with van der Waals surface area (Å²) in [5.41, 5.74) is 0.943. The molecule has 1 rings (SSSR count). The Hall–Kier alpha value is -0.680. The van der Waals surface area contributed by atoms with E-state index in [1.54, 1.807) is 0 Å². The molecular formula is C10H14BrN3S. The molecule has 0 unspecified atom stereocenters. The summed E-state index contributed by atoms with van der Waals surface area (Å²) in [6.07, 6.45) is 1.05. The van der Waals surface area contributed by atoms with Crippen molar-refractivity contribution in [2.75, 3.05) is 11.9 Å². The van der Waals surface area contributed by atoms with E-state index in [-0.39, 0.29) is 0 Å². The number of halogens is 1. The smallest absolute Gasteiger partial charge is 0.171 e. The molecule has 5 heteroatoms. The first-order valence-corrected chi connectivity index (χ1v) is 6.01. The van der Waals surface area contributed by atoms with Crippen LogP contribution in [0.2, 0.25) is 0 Å². The van der Waals surface area contributed by atoms with Crippen molar-refractivity contribution in [2.45, 2.75) is 20.3 Å².